The Morgan fingerprint density at radius 2 is 1.16 bits per heavy atom. The van der Waals surface area contributed by atoms with Crippen molar-refractivity contribution < 1.29 is 9.90 Å². The summed E-state index contributed by atoms with van der Waals surface area (Å²) in [5.41, 5.74) is 0. The molecule has 0 aromatic carbocycles. The van der Waals surface area contributed by atoms with Gasteiger partial charge in [0.25, 0.3) is 0 Å². The van der Waals surface area contributed by atoms with Crippen LogP contribution in [0.25, 0.3) is 0 Å². The predicted molar refractivity (Wildman–Crippen MR) is 109 cm³/mol. The monoisotopic (exact) mass is 355 g/mol. The number of carbonyl (C=O) groups excluding carboxylic acids is 1. The number of hydrogen-bond acceptors (Lipinski definition) is 2. The van der Waals surface area contributed by atoms with Gasteiger partial charge in [0.2, 0.25) is 5.91 Å². The molecule has 0 aromatic heterocycles. The Hall–Kier alpha value is -0.570. The SMILES string of the molecule is CCCCCCCCCCCCCCCC(=O)N[C@H](CO)CCCC. The molecule has 3 nitrogen and oxygen atoms in total. The maximum atomic E-state index is 11.9. The molecule has 0 fully saturated rings. The zero-order chi connectivity index (χ0) is 18.6. The van der Waals surface area contributed by atoms with Gasteiger partial charge in [-0.2, -0.15) is 0 Å². The molecule has 1 atom stereocenters. The standard InChI is InChI=1S/C22H45NO2/c1-3-5-7-8-9-10-11-12-13-14-15-16-17-19-22(25)23-21(20-24)18-6-4-2/h21,24H,3-20H2,1-2H3,(H,23,25)/t21-/m0/s1. The van der Waals surface area contributed by atoms with Crippen LogP contribution in [-0.2, 0) is 4.79 Å². The van der Waals surface area contributed by atoms with Crippen LogP contribution < -0.4 is 5.32 Å². The van der Waals surface area contributed by atoms with E-state index in [4.69, 9.17) is 0 Å². The summed E-state index contributed by atoms with van der Waals surface area (Å²) in [6, 6.07) is -0.0468. The van der Waals surface area contributed by atoms with Gasteiger partial charge in [0, 0.05) is 6.42 Å². The largest absolute Gasteiger partial charge is 0.394 e. The maximum absolute atomic E-state index is 11.9. The second-order valence-electron chi connectivity index (χ2n) is 7.58. The van der Waals surface area contributed by atoms with Crippen molar-refractivity contribution in [2.75, 3.05) is 6.61 Å². The molecule has 0 unspecified atom stereocenters. The van der Waals surface area contributed by atoms with E-state index in [1.807, 2.05) is 0 Å². The molecule has 0 aliphatic heterocycles. The lowest BCUT2D eigenvalue weighted by molar-refractivity contribution is -0.122. The van der Waals surface area contributed by atoms with E-state index in [1.54, 1.807) is 0 Å². The fourth-order valence-electron chi connectivity index (χ4n) is 3.26. The average Bonchev–Trinajstić information content (AvgIpc) is 2.62. The van der Waals surface area contributed by atoms with Gasteiger partial charge in [0.05, 0.1) is 12.6 Å². The molecule has 0 bridgehead atoms. The number of aliphatic hydroxyl groups is 1. The molecule has 0 spiro atoms. The van der Waals surface area contributed by atoms with Crippen LogP contribution in [0.5, 0.6) is 0 Å². The molecular weight excluding hydrogens is 310 g/mol. The van der Waals surface area contributed by atoms with Gasteiger partial charge in [-0.15, -0.1) is 0 Å². The van der Waals surface area contributed by atoms with Gasteiger partial charge in [-0.1, -0.05) is 104 Å². The van der Waals surface area contributed by atoms with Crippen molar-refractivity contribution in [2.45, 2.75) is 129 Å². The van der Waals surface area contributed by atoms with E-state index < -0.39 is 0 Å². The summed E-state index contributed by atoms with van der Waals surface area (Å²) in [4.78, 5) is 11.9. The molecule has 0 saturated carbocycles. The van der Waals surface area contributed by atoms with E-state index in [-0.39, 0.29) is 18.6 Å². The van der Waals surface area contributed by atoms with Crippen molar-refractivity contribution in [3.8, 4) is 0 Å². The second-order valence-corrected chi connectivity index (χ2v) is 7.58. The van der Waals surface area contributed by atoms with Gasteiger partial charge in [-0.3, -0.25) is 4.79 Å². The second kappa shape index (κ2) is 19.8. The van der Waals surface area contributed by atoms with Crippen molar-refractivity contribution in [1.82, 2.24) is 5.32 Å². The topological polar surface area (TPSA) is 49.3 Å². The Balaban J connectivity index is 3.30. The number of rotatable bonds is 19. The summed E-state index contributed by atoms with van der Waals surface area (Å²) >= 11 is 0. The minimum atomic E-state index is -0.0468. The van der Waals surface area contributed by atoms with Crippen LogP contribution in [0.15, 0.2) is 0 Å². The zero-order valence-corrected chi connectivity index (χ0v) is 17.2. The van der Waals surface area contributed by atoms with E-state index in [0.29, 0.717) is 6.42 Å². The first kappa shape index (κ1) is 24.4. The maximum Gasteiger partial charge on any atom is 0.220 e. The molecule has 0 aliphatic carbocycles. The lowest BCUT2D eigenvalue weighted by atomic mass is 10.0. The third-order valence-corrected chi connectivity index (χ3v) is 5.00. The highest BCUT2D eigenvalue weighted by Gasteiger charge is 2.10. The van der Waals surface area contributed by atoms with Gasteiger partial charge in [0.1, 0.15) is 0 Å². The summed E-state index contributed by atoms with van der Waals surface area (Å²) in [5, 5.41) is 12.2. The molecule has 0 rings (SSSR count). The van der Waals surface area contributed by atoms with Gasteiger partial charge < -0.3 is 10.4 Å². The molecule has 3 heteroatoms. The Labute approximate surface area is 157 Å². The van der Waals surface area contributed by atoms with Crippen LogP contribution in [0, 0.1) is 0 Å². The normalized spacial score (nSPS) is 12.3. The molecule has 1 amide bonds. The van der Waals surface area contributed by atoms with Crippen LogP contribution in [0.4, 0.5) is 0 Å². The van der Waals surface area contributed by atoms with Crippen LogP contribution in [0.3, 0.4) is 0 Å². The Morgan fingerprint density at radius 3 is 1.60 bits per heavy atom. The number of amides is 1. The number of hydrogen-bond donors (Lipinski definition) is 2. The van der Waals surface area contributed by atoms with E-state index in [9.17, 15) is 9.90 Å². The molecule has 2 N–H and O–H groups in total. The molecular formula is C22H45NO2. The lowest BCUT2D eigenvalue weighted by Gasteiger charge is -2.15. The minimum absolute atomic E-state index is 0.0468. The van der Waals surface area contributed by atoms with E-state index >= 15 is 0 Å². The van der Waals surface area contributed by atoms with Crippen molar-refractivity contribution in [3.05, 3.63) is 0 Å². The average molecular weight is 356 g/mol. The third kappa shape index (κ3) is 18.0. The first-order valence-electron chi connectivity index (χ1n) is 11.1. The lowest BCUT2D eigenvalue weighted by Crippen LogP contribution is -2.37. The van der Waals surface area contributed by atoms with Crippen molar-refractivity contribution >= 4 is 5.91 Å². The first-order chi connectivity index (χ1) is 12.2. The molecule has 0 radical (unpaired) electrons. The summed E-state index contributed by atoms with van der Waals surface area (Å²) in [7, 11) is 0. The summed E-state index contributed by atoms with van der Waals surface area (Å²) < 4.78 is 0. The molecule has 0 aromatic rings. The predicted octanol–water partition coefficient (Wildman–Crippen LogP) is 6.14. The summed E-state index contributed by atoms with van der Waals surface area (Å²) in [6.45, 7) is 4.46. The highest BCUT2D eigenvalue weighted by molar-refractivity contribution is 5.76. The molecule has 0 saturated heterocycles. The number of unbranched alkanes of at least 4 members (excludes halogenated alkanes) is 13. The Kier molecular flexibility index (Phi) is 19.3. The van der Waals surface area contributed by atoms with Gasteiger partial charge in [0.15, 0.2) is 0 Å². The van der Waals surface area contributed by atoms with Gasteiger partial charge in [-0.05, 0) is 12.8 Å². The fraction of sp³-hybridized carbons (Fsp3) is 0.955. The molecule has 0 heterocycles. The van der Waals surface area contributed by atoms with E-state index in [1.165, 1.54) is 70.6 Å². The van der Waals surface area contributed by atoms with Gasteiger partial charge in [-0.25, -0.2) is 0 Å². The Morgan fingerprint density at radius 1 is 0.720 bits per heavy atom. The first-order valence-corrected chi connectivity index (χ1v) is 11.1. The number of carbonyl (C=O) groups is 1. The summed E-state index contributed by atoms with van der Waals surface area (Å²) in [5.74, 6) is 0.109. The molecule has 150 valence electrons. The third-order valence-electron chi connectivity index (χ3n) is 5.00. The van der Waals surface area contributed by atoms with Crippen LogP contribution in [-0.4, -0.2) is 23.7 Å². The highest BCUT2D eigenvalue weighted by Crippen LogP contribution is 2.13. The zero-order valence-electron chi connectivity index (χ0n) is 17.2. The van der Waals surface area contributed by atoms with Crippen molar-refractivity contribution in [3.63, 3.8) is 0 Å². The van der Waals surface area contributed by atoms with Crippen LogP contribution in [0.1, 0.15) is 123 Å². The Bertz CT molecular complexity index is 281. The number of nitrogens with one attached hydrogen (secondary N) is 1. The van der Waals surface area contributed by atoms with E-state index in [2.05, 4.69) is 19.2 Å². The molecule has 25 heavy (non-hydrogen) atoms. The number of aliphatic hydroxyl groups excluding tert-OH is 1. The van der Waals surface area contributed by atoms with Crippen molar-refractivity contribution in [1.29, 1.82) is 0 Å². The van der Waals surface area contributed by atoms with Crippen LogP contribution >= 0.6 is 0 Å². The summed E-state index contributed by atoms with van der Waals surface area (Å²) in [6.07, 6.45) is 20.9. The smallest absolute Gasteiger partial charge is 0.220 e. The quantitative estimate of drug-likeness (QED) is 0.274. The molecule has 0 aliphatic rings. The van der Waals surface area contributed by atoms with E-state index in [0.717, 1.165) is 32.1 Å². The fourth-order valence-corrected chi connectivity index (χ4v) is 3.26. The highest BCUT2D eigenvalue weighted by atomic mass is 16.3. The van der Waals surface area contributed by atoms with Crippen molar-refractivity contribution in [2.24, 2.45) is 0 Å². The minimum Gasteiger partial charge on any atom is -0.394 e. The van der Waals surface area contributed by atoms with Crippen LogP contribution in [0.2, 0.25) is 0 Å². The van der Waals surface area contributed by atoms with Gasteiger partial charge >= 0.3 is 0 Å².